The normalized spacial score (nSPS) is 12.6. The van der Waals surface area contributed by atoms with Crippen LogP contribution in [0.4, 0.5) is 17.1 Å². The van der Waals surface area contributed by atoms with Crippen molar-refractivity contribution in [3.8, 4) is 28.3 Å². The number of hydrogen-bond acceptors (Lipinski definition) is 2. The Bertz CT molecular complexity index is 3020. The molecule has 0 spiro atoms. The lowest BCUT2D eigenvalue weighted by Gasteiger charge is -2.28. The molecule has 0 saturated carbocycles. The molecule has 0 unspecified atom stereocenters. The summed E-state index contributed by atoms with van der Waals surface area (Å²) >= 11 is 0. The van der Waals surface area contributed by atoms with Crippen LogP contribution in [0.25, 0.3) is 70.9 Å². The maximum absolute atomic E-state index is 9.68. The Morgan fingerprint density at radius 1 is 0.491 bits per heavy atom. The summed E-state index contributed by atoms with van der Waals surface area (Å²) in [5.74, 6) is 0. The van der Waals surface area contributed by atoms with Crippen molar-refractivity contribution in [2.24, 2.45) is 0 Å². The molecule has 1 aliphatic rings. The Balaban J connectivity index is 1.36. The minimum atomic E-state index is 0.639. The van der Waals surface area contributed by atoms with E-state index < -0.39 is 0 Å². The first-order chi connectivity index (χ1) is 27.3. The summed E-state index contributed by atoms with van der Waals surface area (Å²) in [6.45, 7) is 0. The van der Waals surface area contributed by atoms with Crippen LogP contribution in [0.5, 0.6) is 0 Å². The molecule has 2 heteroatoms. The average molecular weight is 701 g/mol. The van der Waals surface area contributed by atoms with E-state index in [1.54, 1.807) is 0 Å². The van der Waals surface area contributed by atoms with E-state index in [1.165, 1.54) is 71.1 Å². The van der Waals surface area contributed by atoms with Crippen molar-refractivity contribution in [1.82, 2.24) is 0 Å². The molecule has 0 saturated heterocycles. The second-order valence-electron chi connectivity index (χ2n) is 14.3. The molecule has 0 amide bonds. The molecule has 0 aliphatic heterocycles. The SMILES string of the molecule is N#Cc1ccc(N(c2ccc3c(c2)c2ccccc2c2c(-c4ccccc4)cc(-c4ccccc4)c(C4=CC=CCC4)c32)c2cccc3ccccc23)cc1. The fourth-order valence-corrected chi connectivity index (χ4v) is 8.63. The van der Waals surface area contributed by atoms with E-state index in [9.17, 15) is 5.26 Å². The number of nitriles is 1. The number of nitrogens with zero attached hydrogens (tertiary/aromatic N) is 2. The quantitative estimate of drug-likeness (QED) is 0.161. The van der Waals surface area contributed by atoms with Gasteiger partial charge < -0.3 is 4.90 Å². The van der Waals surface area contributed by atoms with Crippen LogP contribution >= 0.6 is 0 Å². The second-order valence-corrected chi connectivity index (χ2v) is 14.3. The highest BCUT2D eigenvalue weighted by atomic mass is 15.1. The number of benzene rings is 9. The summed E-state index contributed by atoms with van der Waals surface area (Å²) in [6.07, 6.45) is 8.83. The standard InChI is InChI=1S/C53H36N2/c54-35-36-27-29-41(30-28-36)55(50-26-14-22-37-19-10-11-23-43(37)50)42-31-32-46-49(33-42)44-24-12-13-25-45(44)52-48(39-17-6-2-7-18-39)34-47(38-15-4-1-5-16-38)51(53(46)52)40-20-8-3-9-21-40/h1-8,10-20,22-34H,9,21H2. The highest BCUT2D eigenvalue weighted by Gasteiger charge is 2.24. The topological polar surface area (TPSA) is 27.0 Å². The third kappa shape index (κ3) is 5.57. The van der Waals surface area contributed by atoms with Crippen LogP contribution in [-0.2, 0) is 0 Å². The van der Waals surface area contributed by atoms with Crippen molar-refractivity contribution < 1.29 is 0 Å². The number of hydrogen-bond donors (Lipinski definition) is 0. The molecule has 0 heterocycles. The monoisotopic (exact) mass is 700 g/mol. The molecule has 2 nitrogen and oxygen atoms in total. The molecule has 10 rings (SSSR count). The van der Waals surface area contributed by atoms with E-state index in [0.717, 1.165) is 35.3 Å². The molecule has 9 aromatic rings. The summed E-state index contributed by atoms with van der Waals surface area (Å²) in [6, 6.07) is 65.5. The maximum Gasteiger partial charge on any atom is 0.0991 e. The van der Waals surface area contributed by atoms with Crippen molar-refractivity contribution in [2.75, 3.05) is 4.90 Å². The van der Waals surface area contributed by atoms with E-state index in [0.29, 0.717) is 5.56 Å². The van der Waals surface area contributed by atoms with Gasteiger partial charge in [-0.3, -0.25) is 0 Å². The highest BCUT2D eigenvalue weighted by molar-refractivity contribution is 6.32. The third-order valence-electron chi connectivity index (χ3n) is 11.1. The van der Waals surface area contributed by atoms with Crippen LogP contribution in [0, 0.1) is 11.3 Å². The Labute approximate surface area is 321 Å². The number of anilines is 3. The van der Waals surface area contributed by atoms with E-state index >= 15 is 0 Å². The first-order valence-corrected chi connectivity index (χ1v) is 19.0. The lowest BCUT2D eigenvalue weighted by atomic mass is 9.80. The fraction of sp³-hybridized carbons (Fsp3) is 0.0377. The lowest BCUT2D eigenvalue weighted by molar-refractivity contribution is 1.06. The first kappa shape index (κ1) is 32.4. The number of fused-ring (bicyclic) bond motifs is 7. The van der Waals surface area contributed by atoms with Crippen molar-refractivity contribution in [3.05, 3.63) is 205 Å². The van der Waals surface area contributed by atoms with E-state index in [2.05, 4.69) is 193 Å². The van der Waals surface area contributed by atoms with Gasteiger partial charge in [0.05, 0.1) is 17.3 Å². The minimum absolute atomic E-state index is 0.639. The van der Waals surface area contributed by atoms with Crippen molar-refractivity contribution >= 4 is 65.7 Å². The third-order valence-corrected chi connectivity index (χ3v) is 11.1. The molecular formula is C53H36N2. The highest BCUT2D eigenvalue weighted by Crippen LogP contribution is 2.50. The van der Waals surface area contributed by atoms with Gasteiger partial charge in [0.1, 0.15) is 0 Å². The Hall–Kier alpha value is -7.21. The molecule has 258 valence electrons. The summed E-state index contributed by atoms with van der Waals surface area (Å²) in [7, 11) is 0. The van der Waals surface area contributed by atoms with Crippen molar-refractivity contribution in [1.29, 1.82) is 5.26 Å². The smallest absolute Gasteiger partial charge is 0.0991 e. The number of rotatable bonds is 6. The average Bonchev–Trinajstić information content (AvgIpc) is 3.27. The van der Waals surface area contributed by atoms with Crippen LogP contribution < -0.4 is 4.90 Å². The van der Waals surface area contributed by atoms with Crippen LogP contribution in [-0.4, -0.2) is 0 Å². The van der Waals surface area contributed by atoms with Gasteiger partial charge in [-0.05, 0) is 132 Å². The molecule has 0 fully saturated rings. The molecule has 0 bridgehead atoms. The zero-order chi connectivity index (χ0) is 36.7. The summed E-state index contributed by atoms with van der Waals surface area (Å²) in [5, 5.41) is 19.5. The molecule has 9 aromatic carbocycles. The van der Waals surface area contributed by atoms with Gasteiger partial charge in [0, 0.05) is 16.8 Å². The lowest BCUT2D eigenvalue weighted by Crippen LogP contribution is -2.10. The zero-order valence-corrected chi connectivity index (χ0v) is 30.3. The van der Waals surface area contributed by atoms with Gasteiger partial charge in [0.15, 0.2) is 0 Å². The fourth-order valence-electron chi connectivity index (χ4n) is 8.63. The predicted octanol–water partition coefficient (Wildman–Crippen LogP) is 14.7. The maximum atomic E-state index is 9.68. The van der Waals surface area contributed by atoms with Crippen LogP contribution in [0.1, 0.15) is 24.0 Å². The van der Waals surface area contributed by atoms with Gasteiger partial charge in [0.25, 0.3) is 0 Å². The van der Waals surface area contributed by atoms with Gasteiger partial charge >= 0.3 is 0 Å². The van der Waals surface area contributed by atoms with Crippen LogP contribution in [0.3, 0.4) is 0 Å². The van der Waals surface area contributed by atoms with Crippen LogP contribution in [0.15, 0.2) is 194 Å². The summed E-state index contributed by atoms with van der Waals surface area (Å²) in [5.41, 5.74) is 11.4. The molecule has 55 heavy (non-hydrogen) atoms. The molecule has 1 aliphatic carbocycles. The van der Waals surface area contributed by atoms with Gasteiger partial charge in [-0.25, -0.2) is 0 Å². The van der Waals surface area contributed by atoms with Gasteiger partial charge in [0.2, 0.25) is 0 Å². The van der Waals surface area contributed by atoms with E-state index in [4.69, 9.17) is 0 Å². The first-order valence-electron chi connectivity index (χ1n) is 19.0. The van der Waals surface area contributed by atoms with Crippen LogP contribution in [0.2, 0.25) is 0 Å². The molecule has 0 atom stereocenters. The molecule has 0 radical (unpaired) electrons. The predicted molar refractivity (Wildman–Crippen MR) is 233 cm³/mol. The van der Waals surface area contributed by atoms with Crippen molar-refractivity contribution in [3.63, 3.8) is 0 Å². The number of allylic oxidation sites excluding steroid dienone is 4. The zero-order valence-electron chi connectivity index (χ0n) is 30.3. The Morgan fingerprint density at radius 2 is 1.13 bits per heavy atom. The molecule has 0 N–H and O–H groups in total. The largest absolute Gasteiger partial charge is 0.310 e. The van der Waals surface area contributed by atoms with Crippen molar-refractivity contribution in [2.45, 2.75) is 12.8 Å². The molecule has 0 aromatic heterocycles. The minimum Gasteiger partial charge on any atom is -0.310 e. The second kappa shape index (κ2) is 13.6. The van der Waals surface area contributed by atoms with E-state index in [-0.39, 0.29) is 0 Å². The Kier molecular flexibility index (Phi) is 8.05. The Morgan fingerprint density at radius 3 is 1.85 bits per heavy atom. The summed E-state index contributed by atoms with van der Waals surface area (Å²) < 4.78 is 0. The van der Waals surface area contributed by atoms with Gasteiger partial charge in [-0.2, -0.15) is 5.26 Å². The van der Waals surface area contributed by atoms with Gasteiger partial charge in [-0.1, -0.05) is 146 Å². The van der Waals surface area contributed by atoms with Gasteiger partial charge in [-0.15, -0.1) is 0 Å². The summed E-state index contributed by atoms with van der Waals surface area (Å²) in [4.78, 5) is 2.34. The van der Waals surface area contributed by atoms with E-state index in [1.807, 2.05) is 12.1 Å². The molecular weight excluding hydrogens is 665 g/mol.